The lowest BCUT2D eigenvalue weighted by Crippen LogP contribution is -2.68. The van der Waals surface area contributed by atoms with Crippen molar-refractivity contribution in [1.82, 2.24) is 4.90 Å². The smallest absolute Gasteiger partial charge is 0.119 e. The third-order valence-corrected chi connectivity index (χ3v) is 5.59. The van der Waals surface area contributed by atoms with Crippen LogP contribution in [0.5, 0.6) is 5.75 Å². The van der Waals surface area contributed by atoms with Crippen molar-refractivity contribution >= 4 is 0 Å². The standard InChI is InChI=1S/C16H23NO2/c1-15-7-8-17(3)14(16(15,2)18)9-11-5-6-12(19-4)10-13(11)15/h5-6,10,14,18H,7-9H2,1-4H3/t14-,15+,16?/m0/s1. The van der Waals surface area contributed by atoms with Crippen LogP contribution in [0.4, 0.5) is 0 Å². The van der Waals surface area contributed by atoms with Crippen molar-refractivity contribution < 1.29 is 9.84 Å². The number of hydrogen-bond acceptors (Lipinski definition) is 3. The molecule has 1 unspecified atom stereocenters. The van der Waals surface area contributed by atoms with Crippen molar-refractivity contribution in [1.29, 1.82) is 0 Å². The Morgan fingerprint density at radius 3 is 2.79 bits per heavy atom. The first kappa shape index (κ1) is 12.9. The Labute approximate surface area is 115 Å². The number of methoxy groups -OCH3 is 1. The molecule has 3 heteroatoms. The van der Waals surface area contributed by atoms with E-state index in [0.29, 0.717) is 0 Å². The first-order valence-electron chi connectivity index (χ1n) is 7.00. The van der Waals surface area contributed by atoms with Gasteiger partial charge in [-0.3, -0.25) is 0 Å². The molecule has 1 N–H and O–H groups in total. The first-order valence-corrected chi connectivity index (χ1v) is 7.00. The van der Waals surface area contributed by atoms with Crippen LogP contribution < -0.4 is 4.74 Å². The maximum Gasteiger partial charge on any atom is 0.119 e. The molecule has 0 aromatic heterocycles. The fraction of sp³-hybridized carbons (Fsp3) is 0.625. The zero-order valence-corrected chi connectivity index (χ0v) is 12.2. The molecule has 1 saturated heterocycles. The molecule has 0 spiro atoms. The minimum Gasteiger partial charge on any atom is -0.497 e. The molecule has 1 aliphatic carbocycles. The second-order valence-corrected chi connectivity index (χ2v) is 6.45. The molecule has 2 bridgehead atoms. The van der Waals surface area contributed by atoms with Crippen LogP contribution in [0.3, 0.4) is 0 Å². The highest BCUT2D eigenvalue weighted by Gasteiger charge is 2.57. The van der Waals surface area contributed by atoms with Gasteiger partial charge in [0.15, 0.2) is 0 Å². The van der Waals surface area contributed by atoms with Crippen LogP contribution in [0.25, 0.3) is 0 Å². The summed E-state index contributed by atoms with van der Waals surface area (Å²) < 4.78 is 5.36. The Kier molecular flexibility index (Phi) is 2.70. The second kappa shape index (κ2) is 3.97. The number of benzene rings is 1. The maximum atomic E-state index is 11.1. The second-order valence-electron chi connectivity index (χ2n) is 6.45. The zero-order chi connectivity index (χ0) is 13.8. The molecule has 1 fully saturated rings. The molecular formula is C16H23NO2. The number of nitrogens with zero attached hydrogens (tertiary/aromatic N) is 1. The van der Waals surface area contributed by atoms with Gasteiger partial charge < -0.3 is 14.7 Å². The van der Waals surface area contributed by atoms with E-state index in [-0.39, 0.29) is 11.5 Å². The molecule has 3 nitrogen and oxygen atoms in total. The zero-order valence-electron chi connectivity index (χ0n) is 12.2. The summed E-state index contributed by atoms with van der Waals surface area (Å²) in [6, 6.07) is 6.50. The summed E-state index contributed by atoms with van der Waals surface area (Å²) in [6.07, 6.45) is 1.89. The summed E-state index contributed by atoms with van der Waals surface area (Å²) in [5.41, 5.74) is 1.73. The molecule has 3 rings (SSSR count). The Morgan fingerprint density at radius 1 is 1.37 bits per heavy atom. The third-order valence-electron chi connectivity index (χ3n) is 5.59. The van der Waals surface area contributed by atoms with Crippen molar-refractivity contribution in [3.8, 4) is 5.75 Å². The predicted molar refractivity (Wildman–Crippen MR) is 75.7 cm³/mol. The summed E-state index contributed by atoms with van der Waals surface area (Å²) >= 11 is 0. The van der Waals surface area contributed by atoms with Crippen molar-refractivity contribution in [3.63, 3.8) is 0 Å². The monoisotopic (exact) mass is 261 g/mol. The quantitative estimate of drug-likeness (QED) is 0.839. The number of piperidine rings is 1. The number of likely N-dealkylation sites (N-methyl/N-ethyl adjacent to an activating group) is 1. The van der Waals surface area contributed by atoms with Gasteiger partial charge in [0.25, 0.3) is 0 Å². The summed E-state index contributed by atoms with van der Waals surface area (Å²) in [5, 5.41) is 11.1. The van der Waals surface area contributed by atoms with Crippen LogP contribution >= 0.6 is 0 Å². The molecule has 3 atom stereocenters. The largest absolute Gasteiger partial charge is 0.497 e. The molecule has 1 aliphatic heterocycles. The number of ether oxygens (including phenoxy) is 1. The van der Waals surface area contributed by atoms with Gasteiger partial charge in [0.2, 0.25) is 0 Å². The fourth-order valence-electron chi connectivity index (χ4n) is 3.95. The molecule has 1 aromatic carbocycles. The Bertz CT molecular complexity index is 511. The predicted octanol–water partition coefficient (Wildman–Crippen LogP) is 1.96. The number of likely N-dealkylation sites (tertiary alicyclic amines) is 1. The van der Waals surface area contributed by atoms with Gasteiger partial charge in [0, 0.05) is 11.5 Å². The fourth-order valence-corrected chi connectivity index (χ4v) is 3.95. The van der Waals surface area contributed by atoms with E-state index in [1.54, 1.807) is 7.11 Å². The molecule has 2 aliphatic rings. The lowest BCUT2D eigenvalue weighted by molar-refractivity contribution is -0.121. The van der Waals surface area contributed by atoms with Crippen LogP contribution in [0.2, 0.25) is 0 Å². The molecule has 0 radical (unpaired) electrons. The number of aliphatic hydroxyl groups is 1. The summed E-state index contributed by atoms with van der Waals surface area (Å²) in [4.78, 5) is 2.30. The Hall–Kier alpha value is -1.06. The molecule has 1 aromatic rings. The van der Waals surface area contributed by atoms with E-state index in [1.807, 2.05) is 13.0 Å². The molecule has 0 amide bonds. The first-order chi connectivity index (χ1) is 8.90. The van der Waals surface area contributed by atoms with Crippen LogP contribution in [0.1, 0.15) is 31.4 Å². The topological polar surface area (TPSA) is 32.7 Å². The van der Waals surface area contributed by atoms with E-state index in [1.165, 1.54) is 11.1 Å². The van der Waals surface area contributed by atoms with E-state index >= 15 is 0 Å². The normalized spacial score (nSPS) is 37.8. The van der Waals surface area contributed by atoms with Crippen molar-refractivity contribution in [2.45, 2.75) is 43.7 Å². The number of rotatable bonds is 1. The van der Waals surface area contributed by atoms with Crippen LogP contribution in [-0.2, 0) is 11.8 Å². The molecule has 104 valence electrons. The minimum atomic E-state index is -0.695. The average Bonchev–Trinajstić information content (AvgIpc) is 2.38. The van der Waals surface area contributed by atoms with E-state index in [9.17, 15) is 5.11 Å². The van der Waals surface area contributed by atoms with Crippen LogP contribution in [0.15, 0.2) is 18.2 Å². The van der Waals surface area contributed by atoms with Gasteiger partial charge in [-0.05, 0) is 56.6 Å². The highest BCUT2D eigenvalue weighted by Crippen LogP contribution is 2.51. The lowest BCUT2D eigenvalue weighted by atomic mass is 9.56. The summed E-state index contributed by atoms with van der Waals surface area (Å²) in [7, 11) is 3.82. The number of hydrogen-bond donors (Lipinski definition) is 1. The van der Waals surface area contributed by atoms with Gasteiger partial charge in [-0.15, -0.1) is 0 Å². The van der Waals surface area contributed by atoms with Crippen molar-refractivity contribution in [2.75, 3.05) is 20.7 Å². The molecular weight excluding hydrogens is 238 g/mol. The van der Waals surface area contributed by atoms with Gasteiger partial charge in [0.05, 0.1) is 12.7 Å². The Morgan fingerprint density at radius 2 is 2.11 bits per heavy atom. The average molecular weight is 261 g/mol. The highest BCUT2D eigenvalue weighted by atomic mass is 16.5. The van der Waals surface area contributed by atoms with Gasteiger partial charge >= 0.3 is 0 Å². The lowest BCUT2D eigenvalue weighted by Gasteiger charge is -2.58. The SMILES string of the molecule is COc1ccc2c(c1)[C@@]1(C)CCN(C)[C@@H](C2)C1(C)O. The summed E-state index contributed by atoms with van der Waals surface area (Å²) in [5.74, 6) is 0.883. The highest BCUT2D eigenvalue weighted by molar-refractivity contribution is 5.46. The molecule has 1 heterocycles. The van der Waals surface area contributed by atoms with E-state index in [4.69, 9.17) is 4.74 Å². The third kappa shape index (κ3) is 1.58. The van der Waals surface area contributed by atoms with Gasteiger partial charge in [-0.1, -0.05) is 13.0 Å². The van der Waals surface area contributed by atoms with E-state index in [0.717, 1.165) is 25.1 Å². The van der Waals surface area contributed by atoms with E-state index < -0.39 is 5.60 Å². The molecule has 19 heavy (non-hydrogen) atoms. The van der Waals surface area contributed by atoms with Crippen LogP contribution in [0, 0.1) is 0 Å². The summed E-state index contributed by atoms with van der Waals surface area (Å²) in [6.45, 7) is 5.23. The minimum absolute atomic E-state index is 0.188. The number of fused-ring (bicyclic) bond motifs is 4. The van der Waals surface area contributed by atoms with Crippen molar-refractivity contribution in [3.05, 3.63) is 29.3 Å². The van der Waals surface area contributed by atoms with Gasteiger partial charge in [-0.25, -0.2) is 0 Å². The van der Waals surface area contributed by atoms with Gasteiger partial charge in [0.1, 0.15) is 5.75 Å². The van der Waals surface area contributed by atoms with Crippen LogP contribution in [-0.4, -0.2) is 42.4 Å². The molecule has 0 saturated carbocycles. The van der Waals surface area contributed by atoms with Crippen molar-refractivity contribution in [2.24, 2.45) is 0 Å². The van der Waals surface area contributed by atoms with E-state index in [2.05, 4.69) is 31.0 Å². The maximum absolute atomic E-state index is 11.1. The van der Waals surface area contributed by atoms with Gasteiger partial charge in [-0.2, -0.15) is 0 Å². The Balaban J connectivity index is 2.19.